The summed E-state index contributed by atoms with van der Waals surface area (Å²) >= 11 is 0. The van der Waals surface area contributed by atoms with Gasteiger partial charge in [0.15, 0.2) is 0 Å². The number of anilines is 1. The third-order valence-corrected chi connectivity index (χ3v) is 3.16. The van der Waals surface area contributed by atoms with Crippen LogP contribution in [0, 0.1) is 13.8 Å². The van der Waals surface area contributed by atoms with Gasteiger partial charge in [0.05, 0.1) is 12.6 Å². The van der Waals surface area contributed by atoms with Crippen molar-refractivity contribution in [2.45, 2.75) is 33.4 Å². The summed E-state index contributed by atoms with van der Waals surface area (Å²) in [7, 11) is 3.94. The highest BCUT2D eigenvalue weighted by Gasteiger charge is 2.13. The summed E-state index contributed by atoms with van der Waals surface area (Å²) in [6.07, 6.45) is 0. The molecule has 0 saturated carbocycles. The van der Waals surface area contributed by atoms with Crippen molar-refractivity contribution in [3.8, 4) is 0 Å². The summed E-state index contributed by atoms with van der Waals surface area (Å²) in [5, 5.41) is 11.3. The Bertz CT molecular complexity index is 577. The second-order valence-corrected chi connectivity index (χ2v) is 5.46. The number of nitrogens with one attached hydrogen (secondary N) is 1. The molecule has 1 atom stereocenters. The maximum absolute atomic E-state index is 5.58. The normalized spacial score (nSPS) is 12.7. The number of aromatic nitrogens is 2. The van der Waals surface area contributed by atoms with E-state index in [0.29, 0.717) is 18.5 Å². The molecule has 108 valence electrons. The molecular weight excluding hydrogens is 252 g/mol. The first-order valence-corrected chi connectivity index (χ1v) is 6.76. The lowest BCUT2D eigenvalue weighted by Gasteiger charge is -2.15. The second kappa shape index (κ2) is 6.05. The molecule has 0 saturated heterocycles. The van der Waals surface area contributed by atoms with E-state index in [2.05, 4.69) is 54.5 Å². The third-order valence-electron chi connectivity index (χ3n) is 3.16. The molecule has 5 nitrogen and oxygen atoms in total. The topological polar surface area (TPSA) is 54.2 Å². The number of aryl methyl sites for hydroxylation is 2. The van der Waals surface area contributed by atoms with E-state index in [1.165, 1.54) is 16.7 Å². The number of nitrogens with zero attached hydrogens (tertiary/aromatic N) is 3. The monoisotopic (exact) mass is 274 g/mol. The second-order valence-electron chi connectivity index (χ2n) is 5.46. The van der Waals surface area contributed by atoms with Gasteiger partial charge in [0.1, 0.15) is 0 Å². The minimum absolute atomic E-state index is 0.127. The van der Waals surface area contributed by atoms with Crippen LogP contribution in [0.2, 0.25) is 0 Å². The lowest BCUT2D eigenvalue weighted by molar-refractivity contribution is 0.344. The molecule has 0 aliphatic carbocycles. The fourth-order valence-corrected chi connectivity index (χ4v) is 2.14. The van der Waals surface area contributed by atoms with Gasteiger partial charge in [-0.05, 0) is 46.0 Å². The Labute approximate surface area is 120 Å². The molecule has 0 spiro atoms. The van der Waals surface area contributed by atoms with Crippen molar-refractivity contribution >= 4 is 6.01 Å². The summed E-state index contributed by atoms with van der Waals surface area (Å²) in [6.45, 7) is 6.94. The molecule has 0 aliphatic heterocycles. The van der Waals surface area contributed by atoms with Gasteiger partial charge in [-0.25, -0.2) is 0 Å². The van der Waals surface area contributed by atoms with Crippen molar-refractivity contribution in [3.63, 3.8) is 0 Å². The largest absolute Gasteiger partial charge is 0.407 e. The molecular formula is C15H22N4O. The molecule has 2 rings (SSSR count). The van der Waals surface area contributed by atoms with Crippen LogP contribution in [0.3, 0.4) is 0 Å². The SMILES string of the molecule is Cc1ccc(C)c(C(C)Nc2nnc(CN(C)C)o2)c1. The molecule has 1 aromatic heterocycles. The Balaban J connectivity index is 2.09. The maximum atomic E-state index is 5.58. The van der Waals surface area contributed by atoms with Crippen molar-refractivity contribution in [1.29, 1.82) is 0 Å². The summed E-state index contributed by atoms with van der Waals surface area (Å²) in [5.41, 5.74) is 3.75. The van der Waals surface area contributed by atoms with Crippen LogP contribution in [-0.4, -0.2) is 29.2 Å². The molecule has 0 bridgehead atoms. The molecule has 0 amide bonds. The minimum atomic E-state index is 0.127. The van der Waals surface area contributed by atoms with E-state index in [9.17, 15) is 0 Å². The van der Waals surface area contributed by atoms with Crippen LogP contribution in [-0.2, 0) is 6.54 Å². The molecule has 1 unspecified atom stereocenters. The zero-order chi connectivity index (χ0) is 14.7. The van der Waals surface area contributed by atoms with E-state index in [1.807, 2.05) is 19.0 Å². The van der Waals surface area contributed by atoms with E-state index in [4.69, 9.17) is 4.42 Å². The Kier molecular flexibility index (Phi) is 4.39. The van der Waals surface area contributed by atoms with E-state index in [0.717, 1.165) is 0 Å². The smallest absolute Gasteiger partial charge is 0.315 e. The van der Waals surface area contributed by atoms with Gasteiger partial charge in [-0.3, -0.25) is 0 Å². The molecule has 1 N–H and O–H groups in total. The van der Waals surface area contributed by atoms with Gasteiger partial charge in [0.25, 0.3) is 0 Å². The van der Waals surface area contributed by atoms with E-state index < -0.39 is 0 Å². The Morgan fingerprint density at radius 3 is 2.70 bits per heavy atom. The first-order valence-electron chi connectivity index (χ1n) is 6.76. The van der Waals surface area contributed by atoms with Gasteiger partial charge in [-0.1, -0.05) is 28.9 Å². The van der Waals surface area contributed by atoms with Crippen molar-refractivity contribution in [2.24, 2.45) is 0 Å². The maximum Gasteiger partial charge on any atom is 0.315 e. The number of hydrogen-bond donors (Lipinski definition) is 1. The quantitative estimate of drug-likeness (QED) is 0.908. The van der Waals surface area contributed by atoms with Crippen LogP contribution in [0.15, 0.2) is 22.6 Å². The lowest BCUT2D eigenvalue weighted by atomic mass is 10.0. The average Bonchev–Trinajstić information content (AvgIpc) is 2.78. The summed E-state index contributed by atoms with van der Waals surface area (Å²) in [6, 6.07) is 7.03. The van der Waals surface area contributed by atoms with Crippen LogP contribution < -0.4 is 5.32 Å². The van der Waals surface area contributed by atoms with Crippen LogP contribution in [0.1, 0.15) is 35.5 Å². The van der Waals surface area contributed by atoms with Gasteiger partial charge in [0.2, 0.25) is 5.89 Å². The number of benzene rings is 1. The Morgan fingerprint density at radius 2 is 2.00 bits per heavy atom. The number of rotatable bonds is 5. The van der Waals surface area contributed by atoms with E-state index in [1.54, 1.807) is 0 Å². The van der Waals surface area contributed by atoms with Crippen LogP contribution in [0.4, 0.5) is 6.01 Å². The predicted octanol–water partition coefficient (Wildman–Crippen LogP) is 2.92. The molecule has 2 aromatic rings. The molecule has 0 fully saturated rings. The van der Waals surface area contributed by atoms with Gasteiger partial charge < -0.3 is 14.6 Å². The summed E-state index contributed by atoms with van der Waals surface area (Å²) in [4.78, 5) is 1.99. The summed E-state index contributed by atoms with van der Waals surface area (Å²) in [5.74, 6) is 0.616. The molecule has 20 heavy (non-hydrogen) atoms. The van der Waals surface area contributed by atoms with E-state index >= 15 is 0 Å². The third kappa shape index (κ3) is 3.57. The lowest BCUT2D eigenvalue weighted by Crippen LogP contribution is -2.10. The minimum Gasteiger partial charge on any atom is -0.407 e. The van der Waals surface area contributed by atoms with Gasteiger partial charge in [0, 0.05) is 0 Å². The molecule has 5 heteroatoms. The zero-order valence-electron chi connectivity index (χ0n) is 12.8. The number of hydrogen-bond acceptors (Lipinski definition) is 5. The van der Waals surface area contributed by atoms with Crippen molar-refractivity contribution in [3.05, 3.63) is 40.8 Å². The molecule has 1 heterocycles. The highest BCUT2D eigenvalue weighted by molar-refractivity contribution is 5.36. The van der Waals surface area contributed by atoms with Crippen molar-refractivity contribution < 1.29 is 4.42 Å². The van der Waals surface area contributed by atoms with Crippen molar-refractivity contribution in [2.75, 3.05) is 19.4 Å². The van der Waals surface area contributed by atoms with Crippen LogP contribution >= 0.6 is 0 Å². The first-order chi connectivity index (χ1) is 9.45. The zero-order valence-corrected chi connectivity index (χ0v) is 12.8. The van der Waals surface area contributed by atoms with Crippen LogP contribution in [0.5, 0.6) is 0 Å². The van der Waals surface area contributed by atoms with Gasteiger partial charge in [-0.15, -0.1) is 5.10 Å². The highest BCUT2D eigenvalue weighted by atomic mass is 16.4. The van der Waals surface area contributed by atoms with E-state index in [-0.39, 0.29) is 6.04 Å². The Hall–Kier alpha value is -1.88. The summed E-state index contributed by atoms with van der Waals surface area (Å²) < 4.78 is 5.58. The fraction of sp³-hybridized carbons (Fsp3) is 0.467. The van der Waals surface area contributed by atoms with Crippen LogP contribution in [0.25, 0.3) is 0 Å². The standard InChI is InChI=1S/C15H22N4O/c1-10-6-7-11(2)13(8-10)12(3)16-15-18-17-14(20-15)9-19(4)5/h6-8,12H,9H2,1-5H3,(H,16,18). The predicted molar refractivity (Wildman–Crippen MR) is 79.6 cm³/mol. The fourth-order valence-electron chi connectivity index (χ4n) is 2.14. The molecule has 0 aliphatic rings. The Morgan fingerprint density at radius 1 is 1.25 bits per heavy atom. The van der Waals surface area contributed by atoms with Crippen molar-refractivity contribution in [1.82, 2.24) is 15.1 Å². The average molecular weight is 274 g/mol. The van der Waals surface area contributed by atoms with Gasteiger partial charge in [-0.2, -0.15) is 0 Å². The molecule has 0 radical (unpaired) electrons. The molecule has 1 aromatic carbocycles. The highest BCUT2D eigenvalue weighted by Crippen LogP contribution is 2.22. The van der Waals surface area contributed by atoms with Gasteiger partial charge >= 0.3 is 6.01 Å². The first kappa shape index (κ1) is 14.5.